The lowest BCUT2D eigenvalue weighted by molar-refractivity contribution is 0.0716. The summed E-state index contributed by atoms with van der Waals surface area (Å²) in [6.07, 6.45) is -0.302. The van der Waals surface area contributed by atoms with Gasteiger partial charge in [-0.2, -0.15) is 0 Å². The van der Waals surface area contributed by atoms with Gasteiger partial charge in [0.25, 0.3) is 0 Å². The first-order valence-electron chi connectivity index (χ1n) is 6.32. The summed E-state index contributed by atoms with van der Waals surface area (Å²) in [5.41, 5.74) is 0.0709. The van der Waals surface area contributed by atoms with Crippen LogP contribution in [0, 0.1) is 0 Å². The maximum Gasteiger partial charge on any atom is 0.0791 e. The van der Waals surface area contributed by atoms with Crippen LogP contribution in [0.5, 0.6) is 0 Å². The first-order chi connectivity index (χ1) is 7.13. The number of nitrogens with zero attached hydrogens (tertiary/aromatic N) is 1. The van der Waals surface area contributed by atoms with Gasteiger partial charge in [-0.3, -0.25) is 4.90 Å². The van der Waals surface area contributed by atoms with Crippen molar-refractivity contribution in [2.24, 2.45) is 0 Å². The van der Waals surface area contributed by atoms with Crippen LogP contribution in [0.4, 0.5) is 0 Å². The number of nitrogens with one attached hydrogen (secondary N) is 1. The lowest BCUT2D eigenvalue weighted by Gasteiger charge is -2.33. The number of hydrogen-bond donors (Lipinski definition) is 2. The SMILES string of the molecule is CC(C)N(CC(O)CNC(C)(C)C)C(C)C. The first-order valence-corrected chi connectivity index (χ1v) is 6.32. The maximum atomic E-state index is 9.98. The van der Waals surface area contributed by atoms with E-state index in [1.165, 1.54) is 0 Å². The monoisotopic (exact) mass is 230 g/mol. The summed E-state index contributed by atoms with van der Waals surface area (Å²) in [5, 5.41) is 13.3. The molecule has 0 spiro atoms. The Kier molecular flexibility index (Phi) is 6.53. The minimum absolute atomic E-state index is 0.0709. The smallest absolute Gasteiger partial charge is 0.0791 e. The van der Waals surface area contributed by atoms with Crippen LogP contribution in [-0.2, 0) is 0 Å². The highest BCUT2D eigenvalue weighted by Gasteiger charge is 2.18. The molecule has 0 heterocycles. The van der Waals surface area contributed by atoms with Gasteiger partial charge >= 0.3 is 0 Å². The summed E-state index contributed by atoms with van der Waals surface area (Å²) in [7, 11) is 0. The van der Waals surface area contributed by atoms with E-state index >= 15 is 0 Å². The topological polar surface area (TPSA) is 35.5 Å². The fourth-order valence-corrected chi connectivity index (χ4v) is 1.75. The summed E-state index contributed by atoms with van der Waals surface area (Å²) in [5.74, 6) is 0. The molecule has 0 rings (SSSR count). The van der Waals surface area contributed by atoms with Crippen molar-refractivity contribution in [2.45, 2.75) is 72.2 Å². The van der Waals surface area contributed by atoms with Crippen molar-refractivity contribution >= 4 is 0 Å². The molecule has 0 radical (unpaired) electrons. The molecule has 0 fully saturated rings. The molecule has 3 heteroatoms. The second-order valence-corrected chi connectivity index (χ2v) is 6.17. The number of β-amino-alcohol motifs (C(OH)–C–C–N with tert-alkyl or cyclic N) is 1. The van der Waals surface area contributed by atoms with Gasteiger partial charge in [0.05, 0.1) is 6.10 Å². The number of aliphatic hydroxyl groups excluding tert-OH is 1. The molecular formula is C13H30N2O. The van der Waals surface area contributed by atoms with E-state index in [2.05, 4.69) is 58.7 Å². The van der Waals surface area contributed by atoms with E-state index in [-0.39, 0.29) is 11.6 Å². The Bertz CT molecular complexity index is 177. The Hall–Kier alpha value is -0.120. The fourth-order valence-electron chi connectivity index (χ4n) is 1.75. The van der Waals surface area contributed by atoms with E-state index < -0.39 is 0 Å². The molecule has 98 valence electrons. The lowest BCUT2D eigenvalue weighted by Crippen LogP contribution is -2.48. The quantitative estimate of drug-likeness (QED) is 0.731. The lowest BCUT2D eigenvalue weighted by atomic mass is 10.1. The van der Waals surface area contributed by atoms with E-state index in [1.807, 2.05) is 0 Å². The van der Waals surface area contributed by atoms with Gasteiger partial charge in [-0.1, -0.05) is 0 Å². The van der Waals surface area contributed by atoms with Crippen LogP contribution >= 0.6 is 0 Å². The third-order valence-corrected chi connectivity index (χ3v) is 2.62. The van der Waals surface area contributed by atoms with Gasteiger partial charge in [0, 0.05) is 30.7 Å². The van der Waals surface area contributed by atoms with E-state index in [1.54, 1.807) is 0 Å². The fraction of sp³-hybridized carbons (Fsp3) is 1.00. The Morgan fingerprint density at radius 1 is 1.06 bits per heavy atom. The predicted octanol–water partition coefficient (Wildman–Crippen LogP) is 1.85. The molecule has 0 saturated carbocycles. The Morgan fingerprint density at radius 3 is 1.81 bits per heavy atom. The van der Waals surface area contributed by atoms with Crippen LogP contribution in [0.3, 0.4) is 0 Å². The molecule has 1 atom stereocenters. The summed E-state index contributed by atoms with van der Waals surface area (Å²) in [6.45, 7) is 16.4. The van der Waals surface area contributed by atoms with Crippen molar-refractivity contribution in [2.75, 3.05) is 13.1 Å². The van der Waals surface area contributed by atoms with Crippen LogP contribution in [0.15, 0.2) is 0 Å². The minimum Gasteiger partial charge on any atom is -0.390 e. The molecule has 0 bridgehead atoms. The van der Waals surface area contributed by atoms with Crippen molar-refractivity contribution in [3.8, 4) is 0 Å². The van der Waals surface area contributed by atoms with Gasteiger partial charge in [-0.25, -0.2) is 0 Å². The Labute approximate surface area is 101 Å². The summed E-state index contributed by atoms with van der Waals surface area (Å²) < 4.78 is 0. The van der Waals surface area contributed by atoms with Crippen LogP contribution in [0.25, 0.3) is 0 Å². The Morgan fingerprint density at radius 2 is 1.50 bits per heavy atom. The molecule has 0 aromatic heterocycles. The average Bonchev–Trinajstić information content (AvgIpc) is 2.08. The van der Waals surface area contributed by atoms with Crippen molar-refractivity contribution in [3.63, 3.8) is 0 Å². The van der Waals surface area contributed by atoms with Gasteiger partial charge in [0.15, 0.2) is 0 Å². The van der Waals surface area contributed by atoms with E-state index in [0.717, 1.165) is 6.54 Å². The van der Waals surface area contributed by atoms with Gasteiger partial charge in [-0.15, -0.1) is 0 Å². The van der Waals surface area contributed by atoms with Crippen molar-refractivity contribution < 1.29 is 5.11 Å². The third kappa shape index (κ3) is 7.20. The molecule has 2 N–H and O–H groups in total. The van der Waals surface area contributed by atoms with Crippen LogP contribution in [-0.4, -0.2) is 46.8 Å². The first kappa shape index (κ1) is 15.9. The molecule has 0 saturated heterocycles. The molecule has 1 unspecified atom stereocenters. The second kappa shape index (κ2) is 6.58. The van der Waals surface area contributed by atoms with E-state index in [0.29, 0.717) is 18.6 Å². The minimum atomic E-state index is -0.302. The largest absolute Gasteiger partial charge is 0.390 e. The van der Waals surface area contributed by atoms with Crippen molar-refractivity contribution in [1.82, 2.24) is 10.2 Å². The van der Waals surface area contributed by atoms with E-state index in [9.17, 15) is 5.11 Å². The summed E-state index contributed by atoms with van der Waals surface area (Å²) in [4.78, 5) is 2.31. The van der Waals surface area contributed by atoms with Crippen LogP contribution < -0.4 is 5.32 Å². The maximum absolute atomic E-state index is 9.98. The second-order valence-electron chi connectivity index (χ2n) is 6.17. The van der Waals surface area contributed by atoms with Gasteiger partial charge in [0.1, 0.15) is 0 Å². The zero-order valence-electron chi connectivity index (χ0n) is 12.0. The summed E-state index contributed by atoms with van der Waals surface area (Å²) >= 11 is 0. The van der Waals surface area contributed by atoms with Gasteiger partial charge in [-0.05, 0) is 48.5 Å². The zero-order valence-corrected chi connectivity index (χ0v) is 12.0. The van der Waals surface area contributed by atoms with Crippen LogP contribution in [0.1, 0.15) is 48.5 Å². The molecule has 3 nitrogen and oxygen atoms in total. The molecule has 0 aliphatic heterocycles. The predicted molar refractivity (Wildman–Crippen MR) is 70.7 cm³/mol. The zero-order chi connectivity index (χ0) is 12.9. The molecule has 0 aromatic rings. The highest BCUT2D eigenvalue weighted by molar-refractivity contribution is 4.77. The molecular weight excluding hydrogens is 200 g/mol. The average molecular weight is 230 g/mol. The number of hydrogen-bond acceptors (Lipinski definition) is 3. The highest BCUT2D eigenvalue weighted by atomic mass is 16.3. The summed E-state index contributed by atoms with van der Waals surface area (Å²) in [6, 6.07) is 0.952. The highest BCUT2D eigenvalue weighted by Crippen LogP contribution is 2.06. The number of aliphatic hydroxyl groups is 1. The third-order valence-electron chi connectivity index (χ3n) is 2.62. The molecule has 0 aliphatic carbocycles. The molecule has 16 heavy (non-hydrogen) atoms. The van der Waals surface area contributed by atoms with Crippen molar-refractivity contribution in [3.05, 3.63) is 0 Å². The normalized spacial score (nSPS) is 15.2. The standard InChI is InChI=1S/C13H30N2O/c1-10(2)15(11(3)4)9-12(16)8-14-13(5,6)7/h10-12,14,16H,8-9H2,1-7H3. The molecule has 0 aromatic carbocycles. The Balaban J connectivity index is 4.06. The number of rotatable bonds is 6. The van der Waals surface area contributed by atoms with Crippen molar-refractivity contribution in [1.29, 1.82) is 0 Å². The van der Waals surface area contributed by atoms with Crippen LogP contribution in [0.2, 0.25) is 0 Å². The molecule has 0 aliphatic rings. The van der Waals surface area contributed by atoms with E-state index in [4.69, 9.17) is 0 Å². The van der Waals surface area contributed by atoms with Gasteiger partial charge < -0.3 is 10.4 Å². The van der Waals surface area contributed by atoms with Gasteiger partial charge in [0.2, 0.25) is 0 Å². The molecule has 0 amide bonds.